The topological polar surface area (TPSA) is 44.4 Å². The Kier molecular flexibility index (Phi) is 5.95. The summed E-state index contributed by atoms with van der Waals surface area (Å²) in [6.07, 6.45) is 1.01. The number of carbonyl (C=O) groups is 1. The molecular weight excluding hydrogens is 250 g/mol. The van der Waals surface area contributed by atoms with E-state index in [1.54, 1.807) is 6.07 Å². The van der Waals surface area contributed by atoms with Crippen molar-refractivity contribution in [2.75, 3.05) is 37.4 Å². The number of nitrogens with zero attached hydrogens (tertiary/aromatic N) is 1. The van der Waals surface area contributed by atoms with Gasteiger partial charge in [-0.05, 0) is 31.2 Å². The molecule has 0 unspecified atom stereocenters. The van der Waals surface area contributed by atoms with Crippen LogP contribution < -0.4 is 15.5 Å². The Labute approximate surface area is 113 Å². The Morgan fingerprint density at radius 2 is 2.11 bits per heavy atom. The molecule has 0 atom stereocenters. The normalized spacial score (nSPS) is 10.2. The molecule has 0 radical (unpaired) electrons. The summed E-state index contributed by atoms with van der Waals surface area (Å²) in [6.45, 7) is 3.21. The van der Waals surface area contributed by atoms with Gasteiger partial charge in [-0.3, -0.25) is 4.79 Å². The predicted octanol–water partition coefficient (Wildman–Crippen LogP) is 2.34. The number of hydrogen-bond donors (Lipinski definition) is 2. The van der Waals surface area contributed by atoms with Gasteiger partial charge in [0.25, 0.3) is 0 Å². The monoisotopic (exact) mass is 269 g/mol. The molecule has 100 valence electrons. The first kappa shape index (κ1) is 14.8. The fourth-order valence-electron chi connectivity index (χ4n) is 1.57. The van der Waals surface area contributed by atoms with Crippen molar-refractivity contribution < 1.29 is 4.79 Å². The van der Waals surface area contributed by atoms with Crippen LogP contribution in [0.2, 0.25) is 5.02 Å². The molecule has 0 heterocycles. The summed E-state index contributed by atoms with van der Waals surface area (Å²) in [5, 5.41) is 6.53. The first-order valence-electron chi connectivity index (χ1n) is 6.02. The summed E-state index contributed by atoms with van der Waals surface area (Å²) >= 11 is 5.95. The summed E-state index contributed by atoms with van der Waals surface area (Å²) in [7, 11) is 3.85. The van der Waals surface area contributed by atoms with Crippen molar-refractivity contribution in [3.8, 4) is 0 Å². The van der Waals surface area contributed by atoms with Crippen LogP contribution >= 0.6 is 11.6 Å². The first-order valence-corrected chi connectivity index (χ1v) is 6.39. The molecule has 0 aliphatic rings. The molecule has 1 aromatic carbocycles. The number of carbonyl (C=O) groups excluding carboxylic acids is 1. The minimum absolute atomic E-state index is 0.0613. The number of amides is 1. The van der Waals surface area contributed by atoms with Gasteiger partial charge in [-0.2, -0.15) is 0 Å². The molecule has 0 bridgehead atoms. The molecule has 0 saturated carbocycles. The van der Waals surface area contributed by atoms with Gasteiger partial charge in [0, 0.05) is 19.1 Å². The van der Waals surface area contributed by atoms with E-state index >= 15 is 0 Å². The molecule has 0 saturated heterocycles. The van der Waals surface area contributed by atoms with Crippen molar-refractivity contribution in [1.82, 2.24) is 5.32 Å². The Morgan fingerprint density at radius 1 is 1.39 bits per heavy atom. The van der Waals surface area contributed by atoms with E-state index in [0.29, 0.717) is 11.6 Å². The zero-order valence-corrected chi connectivity index (χ0v) is 11.8. The first-order chi connectivity index (χ1) is 8.54. The van der Waals surface area contributed by atoms with Crippen LogP contribution in [0.25, 0.3) is 0 Å². The Hall–Kier alpha value is -1.26. The van der Waals surface area contributed by atoms with Crippen LogP contribution in [0.15, 0.2) is 18.2 Å². The second-order valence-electron chi connectivity index (χ2n) is 4.28. The van der Waals surface area contributed by atoms with Crippen molar-refractivity contribution in [1.29, 1.82) is 0 Å². The molecule has 5 heteroatoms. The molecule has 2 N–H and O–H groups in total. The van der Waals surface area contributed by atoms with E-state index in [1.807, 2.05) is 31.1 Å². The highest BCUT2D eigenvalue weighted by Crippen LogP contribution is 2.27. The standard InChI is InChI=1S/C13H20ClN3O/c1-4-7-15-9-13(18)16-11-8-10(14)5-6-12(11)17(2)3/h5-6,8,15H,4,7,9H2,1-3H3,(H,16,18). The fraction of sp³-hybridized carbons (Fsp3) is 0.462. The van der Waals surface area contributed by atoms with E-state index in [1.165, 1.54) is 0 Å². The lowest BCUT2D eigenvalue weighted by atomic mass is 10.2. The number of anilines is 2. The third-order valence-corrected chi connectivity index (χ3v) is 2.66. The summed E-state index contributed by atoms with van der Waals surface area (Å²) < 4.78 is 0. The van der Waals surface area contributed by atoms with Crippen molar-refractivity contribution in [2.45, 2.75) is 13.3 Å². The highest BCUT2D eigenvalue weighted by atomic mass is 35.5. The molecule has 0 aliphatic carbocycles. The Balaban J connectivity index is 2.70. The van der Waals surface area contributed by atoms with E-state index in [4.69, 9.17) is 11.6 Å². The maximum atomic E-state index is 11.7. The van der Waals surface area contributed by atoms with Crippen LogP contribution in [0.1, 0.15) is 13.3 Å². The lowest BCUT2D eigenvalue weighted by molar-refractivity contribution is -0.115. The Morgan fingerprint density at radius 3 is 2.72 bits per heavy atom. The van der Waals surface area contributed by atoms with Gasteiger partial charge in [0.15, 0.2) is 0 Å². The van der Waals surface area contributed by atoms with Gasteiger partial charge < -0.3 is 15.5 Å². The van der Waals surface area contributed by atoms with Crippen molar-refractivity contribution in [3.05, 3.63) is 23.2 Å². The number of rotatable bonds is 6. The second-order valence-corrected chi connectivity index (χ2v) is 4.72. The third-order valence-electron chi connectivity index (χ3n) is 2.43. The average molecular weight is 270 g/mol. The summed E-state index contributed by atoms with van der Waals surface area (Å²) in [4.78, 5) is 13.7. The lowest BCUT2D eigenvalue weighted by Crippen LogP contribution is -2.29. The van der Waals surface area contributed by atoms with E-state index in [-0.39, 0.29) is 5.91 Å². The molecule has 0 fully saturated rings. The van der Waals surface area contributed by atoms with Crippen molar-refractivity contribution in [2.24, 2.45) is 0 Å². The van der Waals surface area contributed by atoms with Gasteiger partial charge in [0.2, 0.25) is 5.91 Å². The number of benzene rings is 1. The molecule has 0 spiro atoms. The minimum atomic E-state index is -0.0613. The second kappa shape index (κ2) is 7.24. The molecule has 0 aliphatic heterocycles. The van der Waals surface area contributed by atoms with Crippen LogP contribution in [-0.2, 0) is 4.79 Å². The van der Waals surface area contributed by atoms with Gasteiger partial charge in [-0.1, -0.05) is 18.5 Å². The van der Waals surface area contributed by atoms with Crippen molar-refractivity contribution >= 4 is 28.9 Å². The van der Waals surface area contributed by atoms with Gasteiger partial charge in [-0.15, -0.1) is 0 Å². The zero-order valence-electron chi connectivity index (χ0n) is 11.1. The molecule has 0 aromatic heterocycles. The summed E-state index contributed by atoms with van der Waals surface area (Å²) in [5.41, 5.74) is 1.67. The SMILES string of the molecule is CCCNCC(=O)Nc1cc(Cl)ccc1N(C)C. The maximum Gasteiger partial charge on any atom is 0.238 e. The molecule has 18 heavy (non-hydrogen) atoms. The van der Waals surface area contributed by atoms with Crippen molar-refractivity contribution in [3.63, 3.8) is 0 Å². The van der Waals surface area contributed by atoms with Gasteiger partial charge >= 0.3 is 0 Å². The molecule has 1 aromatic rings. The molecular formula is C13H20ClN3O. The zero-order chi connectivity index (χ0) is 13.5. The van der Waals surface area contributed by atoms with E-state index in [2.05, 4.69) is 17.6 Å². The number of nitrogens with one attached hydrogen (secondary N) is 2. The van der Waals surface area contributed by atoms with Crippen LogP contribution in [0.3, 0.4) is 0 Å². The predicted molar refractivity (Wildman–Crippen MR) is 77.6 cm³/mol. The van der Waals surface area contributed by atoms with Gasteiger partial charge in [0.05, 0.1) is 17.9 Å². The fourth-order valence-corrected chi connectivity index (χ4v) is 1.74. The largest absolute Gasteiger partial charge is 0.376 e. The van der Waals surface area contributed by atoms with E-state index < -0.39 is 0 Å². The number of hydrogen-bond acceptors (Lipinski definition) is 3. The highest BCUT2D eigenvalue weighted by Gasteiger charge is 2.08. The van der Waals surface area contributed by atoms with Crippen LogP contribution in [-0.4, -0.2) is 33.1 Å². The van der Waals surface area contributed by atoms with Gasteiger partial charge in [-0.25, -0.2) is 0 Å². The lowest BCUT2D eigenvalue weighted by Gasteiger charge is -2.18. The summed E-state index contributed by atoms with van der Waals surface area (Å²) in [6, 6.07) is 5.45. The third kappa shape index (κ3) is 4.55. The highest BCUT2D eigenvalue weighted by molar-refractivity contribution is 6.31. The quantitative estimate of drug-likeness (QED) is 0.779. The van der Waals surface area contributed by atoms with Crippen LogP contribution in [0, 0.1) is 0 Å². The van der Waals surface area contributed by atoms with Gasteiger partial charge in [0.1, 0.15) is 0 Å². The minimum Gasteiger partial charge on any atom is -0.376 e. The molecule has 1 amide bonds. The smallest absolute Gasteiger partial charge is 0.238 e. The molecule has 1 rings (SSSR count). The van der Waals surface area contributed by atoms with Crippen LogP contribution in [0.4, 0.5) is 11.4 Å². The summed E-state index contributed by atoms with van der Waals surface area (Å²) in [5.74, 6) is -0.0613. The average Bonchev–Trinajstić information content (AvgIpc) is 2.29. The Bertz CT molecular complexity index is 407. The maximum absolute atomic E-state index is 11.7. The van der Waals surface area contributed by atoms with E-state index in [0.717, 1.165) is 24.3 Å². The van der Waals surface area contributed by atoms with Crippen LogP contribution in [0.5, 0.6) is 0 Å². The number of halogens is 1. The van der Waals surface area contributed by atoms with E-state index in [9.17, 15) is 4.79 Å². The molecule has 4 nitrogen and oxygen atoms in total.